The van der Waals surface area contributed by atoms with E-state index in [1.165, 1.54) is 0 Å². The quantitative estimate of drug-likeness (QED) is 0.760. The molecule has 17 heavy (non-hydrogen) atoms. The van der Waals surface area contributed by atoms with Crippen molar-refractivity contribution in [2.75, 3.05) is 19.6 Å². The number of rotatable bonds is 5. The highest BCUT2D eigenvalue weighted by Crippen LogP contribution is 2.31. The van der Waals surface area contributed by atoms with E-state index in [0.717, 1.165) is 32.4 Å². The van der Waals surface area contributed by atoms with Crippen LogP contribution in [-0.2, 0) is 4.79 Å². The Morgan fingerprint density at radius 3 is 2.76 bits per heavy atom. The van der Waals surface area contributed by atoms with Crippen LogP contribution in [0.4, 0.5) is 0 Å². The van der Waals surface area contributed by atoms with Crippen LogP contribution in [0.15, 0.2) is 0 Å². The molecule has 1 amide bonds. The van der Waals surface area contributed by atoms with Crippen LogP contribution in [-0.4, -0.2) is 25.5 Å². The van der Waals surface area contributed by atoms with Gasteiger partial charge in [0, 0.05) is 13.1 Å². The van der Waals surface area contributed by atoms with E-state index in [1.807, 2.05) is 13.8 Å². The molecule has 0 spiro atoms. The molecule has 0 aliphatic carbocycles. The van der Waals surface area contributed by atoms with Crippen molar-refractivity contribution in [1.29, 1.82) is 5.26 Å². The van der Waals surface area contributed by atoms with Gasteiger partial charge in [-0.05, 0) is 33.2 Å². The van der Waals surface area contributed by atoms with Crippen molar-refractivity contribution >= 4 is 5.91 Å². The molecular formula is C13H23N3O. The number of nitrogens with zero attached hydrogens (tertiary/aromatic N) is 1. The van der Waals surface area contributed by atoms with Gasteiger partial charge in [0.1, 0.15) is 0 Å². The fourth-order valence-electron chi connectivity index (χ4n) is 2.27. The number of carbonyl (C=O) groups is 1. The zero-order valence-corrected chi connectivity index (χ0v) is 11.1. The largest absolute Gasteiger partial charge is 0.354 e. The van der Waals surface area contributed by atoms with Crippen molar-refractivity contribution in [2.45, 2.75) is 40.0 Å². The zero-order valence-electron chi connectivity index (χ0n) is 11.1. The summed E-state index contributed by atoms with van der Waals surface area (Å²) in [5, 5.41) is 15.1. The van der Waals surface area contributed by atoms with Crippen LogP contribution in [0.3, 0.4) is 0 Å². The molecule has 1 rings (SSSR count). The topological polar surface area (TPSA) is 64.9 Å². The lowest BCUT2D eigenvalue weighted by atomic mass is 9.81. The van der Waals surface area contributed by atoms with Gasteiger partial charge in [-0.3, -0.25) is 4.79 Å². The van der Waals surface area contributed by atoms with Crippen LogP contribution < -0.4 is 10.6 Å². The fraction of sp³-hybridized carbons (Fsp3) is 0.846. The first-order valence-corrected chi connectivity index (χ1v) is 6.36. The maximum Gasteiger partial charge on any atom is 0.227 e. The molecule has 1 atom stereocenters. The molecule has 0 radical (unpaired) electrons. The van der Waals surface area contributed by atoms with Crippen LogP contribution in [0.1, 0.15) is 40.0 Å². The smallest absolute Gasteiger partial charge is 0.227 e. The summed E-state index contributed by atoms with van der Waals surface area (Å²) in [6.45, 7) is 7.88. The predicted octanol–water partition coefficient (Wildman–Crippen LogP) is 1.43. The maximum absolute atomic E-state index is 12.3. The molecule has 1 aliphatic rings. The first kappa shape index (κ1) is 14.0. The second-order valence-electron chi connectivity index (χ2n) is 5.64. The average molecular weight is 237 g/mol. The third kappa shape index (κ3) is 3.44. The number of amides is 1. The third-order valence-electron chi connectivity index (χ3n) is 3.45. The van der Waals surface area contributed by atoms with Gasteiger partial charge >= 0.3 is 0 Å². The van der Waals surface area contributed by atoms with Crippen LogP contribution >= 0.6 is 0 Å². The number of hydrogen-bond acceptors (Lipinski definition) is 3. The highest BCUT2D eigenvalue weighted by Gasteiger charge is 2.40. The van der Waals surface area contributed by atoms with Gasteiger partial charge in [-0.2, -0.15) is 5.26 Å². The van der Waals surface area contributed by atoms with Crippen LogP contribution in [0.5, 0.6) is 0 Å². The molecule has 1 unspecified atom stereocenters. The minimum atomic E-state index is -0.491. The molecule has 96 valence electrons. The molecule has 0 saturated carbocycles. The fourth-order valence-corrected chi connectivity index (χ4v) is 2.27. The van der Waals surface area contributed by atoms with Gasteiger partial charge in [-0.1, -0.05) is 13.3 Å². The normalized spacial score (nSPS) is 24.4. The molecule has 1 heterocycles. The number of nitrogens with one attached hydrogen (secondary N) is 2. The van der Waals surface area contributed by atoms with Crippen molar-refractivity contribution in [3.63, 3.8) is 0 Å². The number of nitriles is 1. The average Bonchev–Trinajstić information content (AvgIpc) is 2.76. The number of hydrogen-bond donors (Lipinski definition) is 2. The minimum Gasteiger partial charge on any atom is -0.354 e. The van der Waals surface area contributed by atoms with Gasteiger partial charge in [-0.15, -0.1) is 0 Å². The first-order chi connectivity index (χ1) is 7.96. The summed E-state index contributed by atoms with van der Waals surface area (Å²) in [7, 11) is 0. The summed E-state index contributed by atoms with van der Waals surface area (Å²) in [4.78, 5) is 12.3. The zero-order chi connectivity index (χ0) is 12.9. The van der Waals surface area contributed by atoms with Crippen molar-refractivity contribution in [2.24, 2.45) is 10.8 Å². The monoisotopic (exact) mass is 237 g/mol. The molecule has 4 nitrogen and oxygen atoms in total. The maximum atomic E-state index is 12.3. The summed E-state index contributed by atoms with van der Waals surface area (Å²) in [6, 6.07) is 2.20. The Morgan fingerprint density at radius 2 is 2.29 bits per heavy atom. The molecule has 4 heteroatoms. The van der Waals surface area contributed by atoms with Gasteiger partial charge in [0.05, 0.1) is 16.9 Å². The van der Waals surface area contributed by atoms with Crippen molar-refractivity contribution in [3.8, 4) is 6.07 Å². The molecule has 1 fully saturated rings. The predicted molar refractivity (Wildman–Crippen MR) is 67.2 cm³/mol. The molecule has 1 aliphatic heterocycles. The highest BCUT2D eigenvalue weighted by atomic mass is 16.2. The van der Waals surface area contributed by atoms with E-state index < -0.39 is 5.41 Å². The Labute approximate surface area is 104 Å². The Kier molecular flexibility index (Phi) is 4.53. The standard InChI is InChI=1S/C13H23N3O/c1-4-5-13(6-7-15-10-13)11(17)16-9-12(2,3)8-14/h15H,4-7,9-10H2,1-3H3,(H,16,17). The van der Waals surface area contributed by atoms with Crippen molar-refractivity contribution in [3.05, 3.63) is 0 Å². The van der Waals surface area contributed by atoms with E-state index in [9.17, 15) is 4.79 Å². The number of carbonyl (C=O) groups excluding carboxylic acids is 1. The molecule has 1 saturated heterocycles. The van der Waals surface area contributed by atoms with E-state index in [0.29, 0.717) is 6.54 Å². The molecular weight excluding hydrogens is 214 g/mol. The minimum absolute atomic E-state index is 0.104. The summed E-state index contributed by atoms with van der Waals surface area (Å²) in [5.41, 5.74) is -0.741. The Hall–Kier alpha value is -1.08. The lowest BCUT2D eigenvalue weighted by Crippen LogP contribution is -2.45. The van der Waals surface area contributed by atoms with Crippen LogP contribution in [0.25, 0.3) is 0 Å². The van der Waals surface area contributed by atoms with Crippen molar-refractivity contribution in [1.82, 2.24) is 10.6 Å². The van der Waals surface area contributed by atoms with Crippen LogP contribution in [0.2, 0.25) is 0 Å². The third-order valence-corrected chi connectivity index (χ3v) is 3.45. The van der Waals surface area contributed by atoms with E-state index in [1.54, 1.807) is 0 Å². The van der Waals surface area contributed by atoms with E-state index in [-0.39, 0.29) is 11.3 Å². The summed E-state index contributed by atoms with van der Waals surface area (Å²) >= 11 is 0. The molecule has 2 N–H and O–H groups in total. The molecule has 0 aromatic heterocycles. The molecule has 0 aromatic carbocycles. The second-order valence-corrected chi connectivity index (χ2v) is 5.64. The Balaban J connectivity index is 2.59. The first-order valence-electron chi connectivity index (χ1n) is 6.36. The summed E-state index contributed by atoms with van der Waals surface area (Å²) in [6.07, 6.45) is 2.83. The summed E-state index contributed by atoms with van der Waals surface area (Å²) in [5.74, 6) is 0.104. The van der Waals surface area contributed by atoms with Gasteiger partial charge in [0.2, 0.25) is 5.91 Å². The lowest BCUT2D eigenvalue weighted by Gasteiger charge is -2.28. The lowest BCUT2D eigenvalue weighted by molar-refractivity contribution is -0.130. The molecule has 0 bridgehead atoms. The van der Waals surface area contributed by atoms with Gasteiger partial charge in [-0.25, -0.2) is 0 Å². The van der Waals surface area contributed by atoms with Crippen LogP contribution in [0, 0.1) is 22.2 Å². The van der Waals surface area contributed by atoms with E-state index >= 15 is 0 Å². The SMILES string of the molecule is CCCC1(C(=O)NCC(C)(C)C#N)CCNC1. The Morgan fingerprint density at radius 1 is 1.59 bits per heavy atom. The Bertz CT molecular complexity index is 311. The van der Waals surface area contributed by atoms with Crippen molar-refractivity contribution < 1.29 is 4.79 Å². The summed E-state index contributed by atoms with van der Waals surface area (Å²) < 4.78 is 0. The molecule has 0 aromatic rings. The highest BCUT2D eigenvalue weighted by molar-refractivity contribution is 5.83. The second kappa shape index (κ2) is 5.50. The van der Waals surface area contributed by atoms with Gasteiger partial charge in [0.15, 0.2) is 0 Å². The van der Waals surface area contributed by atoms with E-state index in [2.05, 4.69) is 23.6 Å². The van der Waals surface area contributed by atoms with Gasteiger partial charge in [0.25, 0.3) is 0 Å². The van der Waals surface area contributed by atoms with Gasteiger partial charge < -0.3 is 10.6 Å². The van der Waals surface area contributed by atoms with E-state index in [4.69, 9.17) is 5.26 Å².